The first-order valence-electron chi connectivity index (χ1n) is 30.5. The van der Waals surface area contributed by atoms with Gasteiger partial charge >= 0.3 is 17.9 Å². The summed E-state index contributed by atoms with van der Waals surface area (Å²) in [4.78, 5) is 103. The number of fused-ring (bicyclic) bond motifs is 7. The minimum Gasteiger partial charge on any atom is -0.497 e. The van der Waals surface area contributed by atoms with Crippen LogP contribution >= 0.6 is 34.8 Å². The van der Waals surface area contributed by atoms with Crippen LogP contribution in [0.15, 0.2) is 152 Å². The van der Waals surface area contributed by atoms with E-state index in [9.17, 15) is 54.3 Å². The average Bonchev–Trinajstić information content (AvgIpc) is 1.63. The summed E-state index contributed by atoms with van der Waals surface area (Å²) in [6.07, 6.45) is 3.14. The SMILES string of the molecule is CC(C)(C)OC(=O)C1Cc2c([nH]c3ccccc23)[C@H](c2ccc([N+](=O)[O-])cc2)N1.CC(C)(C)OC(=O)[C@H](N)Cc1c[nH]c2ccccc12.CC(C)(C)OC(=O)[C@H]1Cc2c([nH]c3ccccc23)[C@H](c2ccc([N+](=O)[O-])cc2)N1C(=O)CCl.COc1ccc([N+](=O)[O-])cc1.O=C(Cl)CCl. The van der Waals surface area contributed by atoms with Crippen molar-refractivity contribution >= 4 is 114 Å². The molecule has 3 aromatic heterocycles. The Balaban J connectivity index is 0.000000188. The quantitative estimate of drug-likeness (QED) is 0.0179. The van der Waals surface area contributed by atoms with Gasteiger partial charge in [-0.3, -0.25) is 54.8 Å². The number of esters is 3. The maximum absolute atomic E-state index is 13.3. The second kappa shape index (κ2) is 32.3. The summed E-state index contributed by atoms with van der Waals surface area (Å²) >= 11 is 15.5. The van der Waals surface area contributed by atoms with Gasteiger partial charge in [0.25, 0.3) is 17.1 Å². The van der Waals surface area contributed by atoms with E-state index in [2.05, 4.69) is 20.3 Å². The fourth-order valence-corrected chi connectivity index (χ4v) is 11.0. The van der Waals surface area contributed by atoms with Crippen LogP contribution in [0.5, 0.6) is 5.75 Å². The minimum absolute atomic E-state index is 0.0325. The molecule has 5 atom stereocenters. The summed E-state index contributed by atoms with van der Waals surface area (Å²) in [5.74, 6) is -1.42. The van der Waals surface area contributed by atoms with Gasteiger partial charge in [0.05, 0.1) is 39.8 Å². The number of H-pyrrole nitrogens is 3. The molecule has 6 aromatic carbocycles. The third kappa shape index (κ3) is 19.9. The highest BCUT2D eigenvalue weighted by atomic mass is 35.5. The summed E-state index contributed by atoms with van der Waals surface area (Å²) in [5, 5.41) is 38.3. The van der Waals surface area contributed by atoms with Crippen LogP contribution in [0, 0.1) is 30.3 Å². The van der Waals surface area contributed by atoms with Crippen molar-refractivity contribution in [3.63, 3.8) is 0 Å². The van der Waals surface area contributed by atoms with E-state index in [1.165, 1.54) is 48.4 Å². The van der Waals surface area contributed by atoms with E-state index >= 15 is 0 Å². The lowest BCUT2D eigenvalue weighted by molar-refractivity contribution is -0.385. The van der Waals surface area contributed by atoms with Gasteiger partial charge in [0, 0.05) is 106 Å². The van der Waals surface area contributed by atoms with Crippen LogP contribution in [-0.2, 0) is 57.4 Å². The van der Waals surface area contributed by atoms with Gasteiger partial charge in [0.1, 0.15) is 46.6 Å². The number of ether oxygens (including phenoxy) is 4. The highest BCUT2D eigenvalue weighted by molar-refractivity contribution is 6.67. The summed E-state index contributed by atoms with van der Waals surface area (Å²) < 4.78 is 21.4. The average molecular weight is 1390 g/mol. The zero-order valence-corrected chi connectivity index (χ0v) is 57.2. The lowest BCUT2D eigenvalue weighted by Crippen LogP contribution is -2.53. The van der Waals surface area contributed by atoms with Crippen LogP contribution in [-0.4, -0.2) is 117 Å². The molecule has 5 heterocycles. The van der Waals surface area contributed by atoms with E-state index in [-0.39, 0.29) is 53.2 Å². The van der Waals surface area contributed by atoms with E-state index in [0.717, 1.165) is 66.4 Å². The van der Waals surface area contributed by atoms with Crippen molar-refractivity contribution in [3.8, 4) is 5.75 Å². The van der Waals surface area contributed by atoms with Crippen molar-refractivity contribution < 1.29 is 57.7 Å². The number of non-ortho nitro benzene ring substituents is 3. The number of nitrogens with zero attached hydrogens (tertiary/aromatic N) is 4. The van der Waals surface area contributed by atoms with Crippen LogP contribution in [0.2, 0.25) is 0 Å². The number of rotatable bonds is 13. The van der Waals surface area contributed by atoms with Crippen molar-refractivity contribution in [1.29, 1.82) is 0 Å². The first-order chi connectivity index (χ1) is 45.7. The molecule has 27 heteroatoms. The molecule has 9 aromatic rings. The molecular weight excluding hydrogens is 1310 g/mol. The van der Waals surface area contributed by atoms with Gasteiger partial charge in [0.15, 0.2) is 0 Å². The molecule has 24 nitrogen and oxygen atoms in total. The Hall–Kier alpha value is -9.72. The van der Waals surface area contributed by atoms with E-state index in [4.69, 9.17) is 59.5 Å². The number of halogens is 3. The molecule has 0 aliphatic carbocycles. The van der Waals surface area contributed by atoms with Crippen molar-refractivity contribution in [2.45, 2.75) is 129 Å². The minimum atomic E-state index is -0.901. The Morgan fingerprint density at radius 1 is 0.577 bits per heavy atom. The second-order valence-electron chi connectivity index (χ2n) is 25.5. The van der Waals surface area contributed by atoms with Crippen molar-refractivity contribution in [2.24, 2.45) is 5.73 Å². The number of carbonyl (C=O) groups is 5. The Morgan fingerprint density at radius 3 is 1.47 bits per heavy atom. The maximum Gasteiger partial charge on any atom is 0.329 e. The standard InChI is InChI=1S/C24H24ClN3O5.C22H23N3O4.C15H20N2O2.C7H7NO3.C2H2Cl2O/c1-24(2,3)33-23(30)19-12-17-16-6-4-5-7-18(16)26-21(17)22(27(19)20(29)13-25)14-8-10-15(11-9-14)28(31)32;1-22(2,3)29-21(26)18-12-16-15-6-4-5-7-17(15)23-20(16)19(24-18)13-8-10-14(11-9-13)25(27)28;1-15(2,3)19-14(18)12(16)8-10-9-17-13-7-5-4-6-11(10)13;1-11-7-4-2-6(3-5-7)8(9)10;3-1-2(4)5/h4-11,19,22,26H,12-13H2,1-3H3;4-11,18-19,23-24H,12H2,1-3H3;4-7,9,12,17H,8,16H2,1-3H3;2-5H,1H3;1H2/t19-,22+;18?,19-;12-;;/m101../s1. The number of nitro groups is 3. The normalized spacial score (nSPS) is 15.9. The second-order valence-corrected chi connectivity index (χ2v) is 26.4. The van der Waals surface area contributed by atoms with Gasteiger partial charge in [-0.25, -0.2) is 4.79 Å². The van der Waals surface area contributed by atoms with Gasteiger partial charge < -0.3 is 44.5 Å². The molecule has 0 spiro atoms. The number of nitrogens with two attached hydrogens (primary N) is 1. The van der Waals surface area contributed by atoms with Gasteiger partial charge in [-0.05, 0) is 144 Å². The molecule has 2 aliphatic heterocycles. The number of benzene rings is 6. The zero-order valence-electron chi connectivity index (χ0n) is 55.0. The molecule has 2 aliphatic rings. The van der Waals surface area contributed by atoms with Crippen LogP contribution in [0.25, 0.3) is 32.7 Å². The number of hydrogen-bond acceptors (Lipinski definition) is 17. The van der Waals surface area contributed by atoms with E-state index < -0.39 is 72.9 Å². The number of nitro benzene ring substituents is 3. The molecule has 6 N–H and O–H groups in total. The van der Waals surface area contributed by atoms with Gasteiger partial charge in [-0.1, -0.05) is 66.7 Å². The summed E-state index contributed by atoms with van der Waals surface area (Å²) in [6, 6.07) is 38.9. The Labute approximate surface area is 573 Å². The largest absolute Gasteiger partial charge is 0.497 e. The zero-order chi connectivity index (χ0) is 71.3. The Kier molecular flexibility index (Phi) is 24.9. The fraction of sp³-hybridized carbons (Fsp3) is 0.329. The van der Waals surface area contributed by atoms with Crippen LogP contribution in [0.3, 0.4) is 0 Å². The number of alkyl halides is 2. The summed E-state index contributed by atoms with van der Waals surface area (Å²) in [5.41, 5.74) is 13.3. The third-order valence-electron chi connectivity index (χ3n) is 14.9. The number of carbonyl (C=O) groups excluding carboxylic acids is 5. The van der Waals surface area contributed by atoms with Gasteiger partial charge in [0.2, 0.25) is 11.1 Å². The molecule has 0 saturated carbocycles. The van der Waals surface area contributed by atoms with Crippen LogP contribution in [0.1, 0.15) is 114 Å². The highest BCUT2D eigenvalue weighted by Gasteiger charge is 2.45. The molecule has 0 radical (unpaired) electrons. The molecular formula is C70H76Cl3N9O15. The molecule has 512 valence electrons. The number of amides is 1. The maximum atomic E-state index is 13.3. The summed E-state index contributed by atoms with van der Waals surface area (Å²) in [7, 11) is 1.52. The monoisotopic (exact) mass is 1390 g/mol. The third-order valence-corrected chi connectivity index (χ3v) is 15.6. The Bertz CT molecular complexity index is 4290. The molecule has 97 heavy (non-hydrogen) atoms. The number of hydrogen-bond donors (Lipinski definition) is 5. The predicted molar refractivity (Wildman–Crippen MR) is 371 cm³/mol. The number of para-hydroxylation sites is 3. The van der Waals surface area contributed by atoms with Crippen LogP contribution < -0.4 is 15.8 Å². The van der Waals surface area contributed by atoms with E-state index in [1.807, 2.05) is 121 Å². The van der Waals surface area contributed by atoms with Crippen molar-refractivity contribution in [2.75, 3.05) is 18.9 Å². The number of aromatic amines is 3. The van der Waals surface area contributed by atoms with Crippen LogP contribution in [0.4, 0.5) is 17.1 Å². The van der Waals surface area contributed by atoms with E-state index in [1.54, 1.807) is 57.2 Å². The Morgan fingerprint density at radius 2 is 1.01 bits per heavy atom. The number of nitrogens with one attached hydrogen (secondary N) is 4. The lowest BCUT2D eigenvalue weighted by atomic mass is 9.87. The van der Waals surface area contributed by atoms with Gasteiger partial charge in [-0.2, -0.15) is 0 Å². The van der Waals surface area contributed by atoms with Crippen molar-refractivity contribution in [1.82, 2.24) is 25.2 Å². The molecule has 0 fully saturated rings. The fourth-order valence-electron chi connectivity index (χ4n) is 10.9. The summed E-state index contributed by atoms with van der Waals surface area (Å²) in [6.45, 7) is 16.4. The number of aromatic nitrogens is 3. The first kappa shape index (κ1) is 74.7. The molecule has 0 bridgehead atoms. The molecule has 11 rings (SSSR count). The lowest BCUT2D eigenvalue weighted by Gasteiger charge is -2.41. The first-order valence-corrected chi connectivity index (χ1v) is 32.0. The molecule has 0 saturated heterocycles. The van der Waals surface area contributed by atoms with E-state index in [0.29, 0.717) is 24.2 Å². The molecule has 1 amide bonds. The highest BCUT2D eigenvalue weighted by Crippen LogP contribution is 2.43. The number of methoxy groups -OCH3 is 1. The smallest absolute Gasteiger partial charge is 0.329 e. The topological polar surface area (TPSA) is 340 Å². The van der Waals surface area contributed by atoms with Crippen molar-refractivity contribution in [3.05, 3.63) is 221 Å². The van der Waals surface area contributed by atoms with Gasteiger partial charge in [-0.15, -0.1) is 23.2 Å². The predicted octanol–water partition coefficient (Wildman–Crippen LogP) is 13.5. The molecule has 1 unspecified atom stereocenters.